The number of ether oxygens (including phenoxy) is 1. The summed E-state index contributed by atoms with van der Waals surface area (Å²) in [6.45, 7) is 0. The molecule has 0 spiro atoms. The van der Waals surface area contributed by atoms with Crippen LogP contribution in [0.4, 0.5) is 5.69 Å². The number of anilines is 1. The Labute approximate surface area is 107 Å². The molecule has 0 amide bonds. The second-order valence-corrected chi connectivity index (χ2v) is 4.88. The second-order valence-electron chi connectivity index (χ2n) is 4.48. The summed E-state index contributed by atoms with van der Waals surface area (Å²) in [6.07, 6.45) is 4.92. The van der Waals surface area contributed by atoms with Gasteiger partial charge in [-0.25, -0.2) is 0 Å². The molecule has 0 saturated heterocycles. The zero-order valence-electron chi connectivity index (χ0n) is 9.95. The first-order valence-corrected chi connectivity index (χ1v) is 6.36. The molecule has 2 atom stereocenters. The van der Waals surface area contributed by atoms with Gasteiger partial charge in [0, 0.05) is 12.8 Å². The fourth-order valence-corrected chi connectivity index (χ4v) is 2.54. The number of halogens is 1. The molecule has 1 aromatic rings. The van der Waals surface area contributed by atoms with Gasteiger partial charge >= 0.3 is 0 Å². The van der Waals surface area contributed by atoms with Gasteiger partial charge in [0.2, 0.25) is 0 Å². The summed E-state index contributed by atoms with van der Waals surface area (Å²) in [6, 6.07) is 5.52. The van der Waals surface area contributed by atoms with E-state index in [4.69, 9.17) is 16.3 Å². The van der Waals surface area contributed by atoms with Crippen LogP contribution < -0.4 is 5.32 Å². The summed E-state index contributed by atoms with van der Waals surface area (Å²) < 4.78 is 5.49. The van der Waals surface area contributed by atoms with Crippen LogP contribution in [0.15, 0.2) is 18.2 Å². The summed E-state index contributed by atoms with van der Waals surface area (Å²) in [5.74, 6) is 0.115. The summed E-state index contributed by atoms with van der Waals surface area (Å²) in [5, 5.41) is 13.2. The summed E-state index contributed by atoms with van der Waals surface area (Å²) in [7, 11) is 1.76. The summed E-state index contributed by atoms with van der Waals surface area (Å²) in [5.41, 5.74) is 0.932. The van der Waals surface area contributed by atoms with Crippen LogP contribution in [0.25, 0.3) is 0 Å². The molecule has 1 saturated carbocycles. The van der Waals surface area contributed by atoms with Gasteiger partial charge in [0.15, 0.2) is 0 Å². The first-order chi connectivity index (χ1) is 8.20. The van der Waals surface area contributed by atoms with Crippen molar-refractivity contribution in [1.82, 2.24) is 0 Å². The van der Waals surface area contributed by atoms with E-state index < -0.39 is 0 Å². The van der Waals surface area contributed by atoms with Gasteiger partial charge in [0.05, 0.1) is 17.2 Å². The maximum absolute atomic E-state index is 9.36. The highest BCUT2D eigenvalue weighted by Crippen LogP contribution is 2.29. The number of hydrogen-bond donors (Lipinski definition) is 2. The Hall–Kier alpha value is -0.930. The molecule has 0 aliphatic heterocycles. The Morgan fingerprint density at radius 1 is 1.35 bits per heavy atom. The van der Waals surface area contributed by atoms with E-state index in [1.807, 2.05) is 6.07 Å². The van der Waals surface area contributed by atoms with Crippen LogP contribution in [0.2, 0.25) is 5.02 Å². The molecule has 94 valence electrons. The lowest BCUT2D eigenvalue weighted by atomic mass is 9.92. The molecule has 0 bridgehead atoms. The Balaban J connectivity index is 2.05. The number of rotatable bonds is 3. The van der Waals surface area contributed by atoms with E-state index in [2.05, 4.69) is 5.32 Å². The molecule has 17 heavy (non-hydrogen) atoms. The molecular weight excluding hydrogens is 238 g/mol. The Morgan fingerprint density at radius 2 is 2.12 bits per heavy atom. The quantitative estimate of drug-likeness (QED) is 0.814. The number of hydrogen-bond acceptors (Lipinski definition) is 3. The molecule has 1 fully saturated rings. The van der Waals surface area contributed by atoms with Crippen LogP contribution >= 0.6 is 11.6 Å². The van der Waals surface area contributed by atoms with Gasteiger partial charge in [-0.15, -0.1) is 0 Å². The highest BCUT2D eigenvalue weighted by Gasteiger charge is 2.24. The fourth-order valence-electron chi connectivity index (χ4n) is 2.35. The first-order valence-electron chi connectivity index (χ1n) is 5.98. The maximum Gasteiger partial charge on any atom is 0.134 e. The third kappa shape index (κ3) is 3.05. The van der Waals surface area contributed by atoms with E-state index in [1.54, 1.807) is 19.2 Å². The van der Waals surface area contributed by atoms with E-state index in [0.717, 1.165) is 18.5 Å². The van der Waals surface area contributed by atoms with E-state index in [9.17, 15) is 5.11 Å². The normalized spacial score (nSPS) is 24.6. The molecule has 2 unspecified atom stereocenters. The lowest BCUT2D eigenvalue weighted by molar-refractivity contribution is 0.0606. The molecule has 4 heteroatoms. The van der Waals surface area contributed by atoms with Crippen molar-refractivity contribution >= 4 is 17.3 Å². The van der Waals surface area contributed by atoms with Gasteiger partial charge in [0.25, 0.3) is 0 Å². The van der Waals surface area contributed by atoms with Gasteiger partial charge in [-0.3, -0.25) is 0 Å². The van der Waals surface area contributed by atoms with Crippen molar-refractivity contribution in [3.05, 3.63) is 23.2 Å². The van der Waals surface area contributed by atoms with Crippen molar-refractivity contribution in [2.45, 2.75) is 37.8 Å². The number of methoxy groups -OCH3 is 1. The third-order valence-electron chi connectivity index (χ3n) is 3.31. The van der Waals surface area contributed by atoms with E-state index in [1.165, 1.54) is 12.8 Å². The topological polar surface area (TPSA) is 41.5 Å². The molecule has 1 aromatic carbocycles. The van der Waals surface area contributed by atoms with Crippen molar-refractivity contribution in [1.29, 1.82) is 0 Å². The number of nitrogens with one attached hydrogen (secondary N) is 1. The lowest BCUT2D eigenvalue weighted by Gasteiger charge is -2.31. The predicted octanol–water partition coefficient (Wildman–Crippen LogP) is 3.42. The minimum atomic E-state index is 0.115. The fraction of sp³-hybridized carbons (Fsp3) is 0.538. The predicted molar refractivity (Wildman–Crippen MR) is 69.8 cm³/mol. The van der Waals surface area contributed by atoms with E-state index in [-0.39, 0.29) is 11.9 Å². The second kappa shape index (κ2) is 5.61. The molecular formula is C13H18ClNO2. The zero-order valence-corrected chi connectivity index (χ0v) is 10.7. The van der Waals surface area contributed by atoms with Crippen molar-refractivity contribution in [2.24, 2.45) is 0 Å². The molecule has 2 rings (SSSR count). The monoisotopic (exact) mass is 255 g/mol. The average molecular weight is 256 g/mol. The van der Waals surface area contributed by atoms with Crippen molar-refractivity contribution in [2.75, 3.05) is 12.4 Å². The summed E-state index contributed by atoms with van der Waals surface area (Å²) in [4.78, 5) is 0. The highest BCUT2D eigenvalue weighted by atomic mass is 35.5. The molecule has 1 aliphatic carbocycles. The SMILES string of the molecule is COC1CCCCC1Nc1ccc(O)c(Cl)c1. The van der Waals surface area contributed by atoms with E-state index >= 15 is 0 Å². The van der Waals surface area contributed by atoms with Crippen LogP contribution in [0.3, 0.4) is 0 Å². The minimum Gasteiger partial charge on any atom is -0.506 e. The minimum absolute atomic E-state index is 0.115. The molecule has 0 radical (unpaired) electrons. The van der Waals surface area contributed by atoms with E-state index in [0.29, 0.717) is 11.1 Å². The van der Waals surface area contributed by atoms with Gasteiger partial charge in [-0.05, 0) is 31.0 Å². The Morgan fingerprint density at radius 3 is 2.82 bits per heavy atom. The smallest absolute Gasteiger partial charge is 0.134 e. The standard InChI is InChI=1S/C13H18ClNO2/c1-17-13-5-3-2-4-11(13)15-9-6-7-12(16)10(14)8-9/h6-8,11,13,15-16H,2-5H2,1H3. The highest BCUT2D eigenvalue weighted by molar-refractivity contribution is 6.32. The van der Waals surface area contributed by atoms with Crippen molar-refractivity contribution < 1.29 is 9.84 Å². The number of benzene rings is 1. The molecule has 1 aliphatic rings. The van der Waals surface area contributed by atoms with Gasteiger partial charge in [-0.2, -0.15) is 0 Å². The van der Waals surface area contributed by atoms with Crippen LogP contribution in [-0.2, 0) is 4.74 Å². The van der Waals surface area contributed by atoms with Gasteiger partial charge in [-0.1, -0.05) is 24.4 Å². The Bertz CT molecular complexity index is 384. The number of aromatic hydroxyl groups is 1. The first kappa shape index (κ1) is 12.5. The average Bonchev–Trinajstić information content (AvgIpc) is 2.34. The summed E-state index contributed by atoms with van der Waals surface area (Å²) >= 11 is 5.88. The van der Waals surface area contributed by atoms with Crippen LogP contribution in [0, 0.1) is 0 Å². The Kier molecular flexibility index (Phi) is 4.13. The lowest BCUT2D eigenvalue weighted by Crippen LogP contribution is -2.37. The molecule has 0 heterocycles. The zero-order chi connectivity index (χ0) is 12.3. The van der Waals surface area contributed by atoms with Gasteiger partial charge < -0.3 is 15.2 Å². The van der Waals surface area contributed by atoms with Crippen molar-refractivity contribution in [3.8, 4) is 5.75 Å². The molecule has 3 nitrogen and oxygen atoms in total. The number of phenolic OH excluding ortho intramolecular Hbond substituents is 1. The van der Waals surface area contributed by atoms with Crippen LogP contribution in [0.1, 0.15) is 25.7 Å². The molecule has 2 N–H and O–H groups in total. The maximum atomic E-state index is 9.36. The van der Waals surface area contributed by atoms with Crippen molar-refractivity contribution in [3.63, 3.8) is 0 Å². The largest absolute Gasteiger partial charge is 0.506 e. The number of phenols is 1. The van der Waals surface area contributed by atoms with Crippen LogP contribution in [-0.4, -0.2) is 24.4 Å². The van der Waals surface area contributed by atoms with Gasteiger partial charge in [0.1, 0.15) is 5.75 Å². The third-order valence-corrected chi connectivity index (χ3v) is 3.61. The molecule has 0 aromatic heterocycles. The van der Waals surface area contributed by atoms with Crippen LogP contribution in [0.5, 0.6) is 5.75 Å².